The number of thiazole rings is 1. The third-order valence-electron chi connectivity index (χ3n) is 4.77. The quantitative estimate of drug-likeness (QED) is 0.394. The topological polar surface area (TPSA) is 63.9 Å². The lowest BCUT2D eigenvalue weighted by atomic mass is 10.1. The molecule has 0 saturated carbocycles. The van der Waals surface area contributed by atoms with Crippen molar-refractivity contribution in [3.63, 3.8) is 0 Å². The van der Waals surface area contributed by atoms with E-state index in [9.17, 15) is 4.79 Å². The third-order valence-corrected chi connectivity index (χ3v) is 6.74. The summed E-state index contributed by atoms with van der Waals surface area (Å²) in [6.45, 7) is 5.38. The monoisotopic (exact) mass is 437 g/mol. The molecule has 0 radical (unpaired) electrons. The highest BCUT2D eigenvalue weighted by Crippen LogP contribution is 2.26. The van der Waals surface area contributed by atoms with Crippen LogP contribution in [0.1, 0.15) is 17.5 Å². The Morgan fingerprint density at radius 3 is 2.77 bits per heavy atom. The van der Waals surface area contributed by atoms with E-state index in [1.54, 1.807) is 16.2 Å². The van der Waals surface area contributed by atoms with Crippen LogP contribution in [-0.4, -0.2) is 43.4 Å². The molecule has 0 atom stereocenters. The molecule has 30 heavy (non-hydrogen) atoms. The number of nitrogens with zero attached hydrogens (tertiary/aromatic N) is 5. The van der Waals surface area contributed by atoms with Gasteiger partial charge >= 0.3 is 0 Å². The zero-order chi connectivity index (χ0) is 21.1. The van der Waals surface area contributed by atoms with Gasteiger partial charge in [0.25, 0.3) is 0 Å². The Morgan fingerprint density at radius 1 is 1.17 bits per heavy atom. The van der Waals surface area contributed by atoms with Gasteiger partial charge in [-0.3, -0.25) is 4.79 Å². The summed E-state index contributed by atoms with van der Waals surface area (Å²) in [5, 5.41) is 10.4. The SMILES string of the molecule is CCn1c(SCC(=O)N(C)Cc2nc3ccccc3s2)nnc1-c1cccc(C)c1. The molecule has 0 unspecified atom stereocenters. The molecule has 2 heterocycles. The first-order chi connectivity index (χ1) is 14.5. The molecular weight excluding hydrogens is 414 g/mol. The van der Waals surface area contributed by atoms with Crippen LogP contribution in [0.3, 0.4) is 0 Å². The van der Waals surface area contributed by atoms with Crippen molar-refractivity contribution < 1.29 is 4.79 Å². The number of amides is 1. The summed E-state index contributed by atoms with van der Waals surface area (Å²) in [4.78, 5) is 19.0. The number of aromatic nitrogens is 4. The second-order valence-corrected chi connectivity index (χ2v) is 9.09. The minimum absolute atomic E-state index is 0.0435. The van der Waals surface area contributed by atoms with Crippen molar-refractivity contribution in [3.8, 4) is 11.4 Å². The maximum atomic E-state index is 12.7. The highest BCUT2D eigenvalue weighted by molar-refractivity contribution is 7.99. The van der Waals surface area contributed by atoms with E-state index in [1.807, 2.05) is 37.4 Å². The van der Waals surface area contributed by atoms with E-state index in [1.165, 1.54) is 17.3 Å². The Morgan fingerprint density at radius 2 is 2.00 bits per heavy atom. The molecule has 4 rings (SSSR count). The van der Waals surface area contributed by atoms with Gasteiger partial charge in [-0.05, 0) is 32.0 Å². The van der Waals surface area contributed by atoms with Gasteiger partial charge in [0.1, 0.15) is 5.01 Å². The maximum Gasteiger partial charge on any atom is 0.233 e. The van der Waals surface area contributed by atoms with E-state index in [2.05, 4.69) is 51.8 Å². The lowest BCUT2D eigenvalue weighted by Crippen LogP contribution is -2.27. The molecule has 0 aliphatic heterocycles. The number of hydrogen-bond donors (Lipinski definition) is 0. The molecule has 8 heteroatoms. The number of thioether (sulfide) groups is 1. The lowest BCUT2D eigenvalue weighted by Gasteiger charge is -2.15. The van der Waals surface area contributed by atoms with E-state index in [-0.39, 0.29) is 5.91 Å². The summed E-state index contributed by atoms with van der Waals surface area (Å²) in [6.07, 6.45) is 0. The highest BCUT2D eigenvalue weighted by atomic mass is 32.2. The molecular formula is C22H23N5OS2. The van der Waals surface area contributed by atoms with Crippen molar-refractivity contribution >= 4 is 39.2 Å². The first kappa shape index (κ1) is 20.6. The average molecular weight is 438 g/mol. The molecule has 4 aromatic rings. The second kappa shape index (κ2) is 8.97. The minimum atomic E-state index is 0.0435. The Balaban J connectivity index is 1.42. The van der Waals surface area contributed by atoms with Crippen LogP contribution in [0, 0.1) is 6.92 Å². The molecule has 0 bridgehead atoms. The molecule has 0 aliphatic carbocycles. The van der Waals surface area contributed by atoms with Gasteiger partial charge in [0.15, 0.2) is 11.0 Å². The van der Waals surface area contributed by atoms with Gasteiger partial charge in [0.2, 0.25) is 5.91 Å². The number of benzene rings is 2. The van der Waals surface area contributed by atoms with Gasteiger partial charge in [-0.1, -0.05) is 47.7 Å². The van der Waals surface area contributed by atoms with Crippen LogP contribution in [0.5, 0.6) is 0 Å². The fraction of sp³-hybridized carbons (Fsp3) is 0.273. The van der Waals surface area contributed by atoms with Crippen molar-refractivity contribution in [3.05, 3.63) is 59.1 Å². The second-order valence-electron chi connectivity index (χ2n) is 7.03. The van der Waals surface area contributed by atoms with Crippen LogP contribution in [-0.2, 0) is 17.9 Å². The first-order valence-corrected chi connectivity index (χ1v) is 11.6. The summed E-state index contributed by atoms with van der Waals surface area (Å²) < 4.78 is 3.20. The number of aryl methyl sites for hydroxylation is 1. The average Bonchev–Trinajstić information content (AvgIpc) is 3.34. The summed E-state index contributed by atoms with van der Waals surface area (Å²) in [7, 11) is 1.82. The summed E-state index contributed by atoms with van der Waals surface area (Å²) in [5.41, 5.74) is 3.20. The fourth-order valence-corrected chi connectivity index (χ4v) is 5.16. The van der Waals surface area contributed by atoms with Crippen molar-refractivity contribution in [2.24, 2.45) is 0 Å². The number of carbonyl (C=O) groups excluding carboxylic acids is 1. The number of hydrogen-bond acceptors (Lipinski definition) is 6. The van der Waals surface area contributed by atoms with Gasteiger partial charge in [-0.25, -0.2) is 4.98 Å². The maximum absolute atomic E-state index is 12.7. The third kappa shape index (κ3) is 4.39. The first-order valence-electron chi connectivity index (χ1n) is 9.76. The van der Waals surface area contributed by atoms with E-state index in [0.717, 1.165) is 38.3 Å². The van der Waals surface area contributed by atoms with Gasteiger partial charge in [0, 0.05) is 19.2 Å². The van der Waals surface area contributed by atoms with Gasteiger partial charge in [-0.2, -0.15) is 0 Å². The van der Waals surface area contributed by atoms with E-state index < -0.39 is 0 Å². The van der Waals surface area contributed by atoms with E-state index in [4.69, 9.17) is 0 Å². The molecule has 2 aromatic heterocycles. The number of para-hydroxylation sites is 1. The molecule has 0 fully saturated rings. The largest absolute Gasteiger partial charge is 0.338 e. The smallest absolute Gasteiger partial charge is 0.233 e. The lowest BCUT2D eigenvalue weighted by molar-refractivity contribution is -0.127. The molecule has 6 nitrogen and oxygen atoms in total. The summed E-state index contributed by atoms with van der Waals surface area (Å²) >= 11 is 3.05. The van der Waals surface area contributed by atoms with Gasteiger partial charge in [0.05, 0.1) is 22.5 Å². The number of fused-ring (bicyclic) bond motifs is 1. The van der Waals surface area contributed by atoms with Crippen molar-refractivity contribution in [2.75, 3.05) is 12.8 Å². The van der Waals surface area contributed by atoms with Crippen LogP contribution < -0.4 is 0 Å². The summed E-state index contributed by atoms with van der Waals surface area (Å²) in [5.74, 6) is 1.19. The molecule has 2 aromatic carbocycles. The van der Waals surface area contributed by atoms with Crippen LogP contribution >= 0.6 is 23.1 Å². The fourth-order valence-electron chi connectivity index (χ4n) is 3.19. The molecule has 0 saturated heterocycles. The number of carbonyl (C=O) groups is 1. The van der Waals surface area contributed by atoms with Crippen LogP contribution in [0.4, 0.5) is 0 Å². The van der Waals surface area contributed by atoms with E-state index in [0.29, 0.717) is 12.3 Å². The van der Waals surface area contributed by atoms with Crippen molar-refractivity contribution in [1.29, 1.82) is 0 Å². The normalized spacial score (nSPS) is 11.2. The predicted molar refractivity (Wildman–Crippen MR) is 123 cm³/mol. The predicted octanol–water partition coefficient (Wildman–Crippen LogP) is 4.63. The Kier molecular flexibility index (Phi) is 6.15. The van der Waals surface area contributed by atoms with Crippen molar-refractivity contribution in [2.45, 2.75) is 32.1 Å². The van der Waals surface area contributed by atoms with Crippen LogP contribution in [0.25, 0.3) is 21.6 Å². The van der Waals surface area contributed by atoms with Gasteiger partial charge in [-0.15, -0.1) is 21.5 Å². The van der Waals surface area contributed by atoms with Crippen LogP contribution in [0.15, 0.2) is 53.7 Å². The Hall–Kier alpha value is -2.71. The summed E-state index contributed by atoms with van der Waals surface area (Å²) in [6, 6.07) is 16.2. The minimum Gasteiger partial charge on any atom is -0.338 e. The Labute approximate surface area is 184 Å². The highest BCUT2D eigenvalue weighted by Gasteiger charge is 2.17. The molecule has 1 amide bonds. The van der Waals surface area contributed by atoms with E-state index >= 15 is 0 Å². The van der Waals surface area contributed by atoms with Gasteiger partial charge < -0.3 is 9.47 Å². The molecule has 0 N–H and O–H groups in total. The molecule has 0 spiro atoms. The zero-order valence-corrected chi connectivity index (χ0v) is 18.8. The van der Waals surface area contributed by atoms with Crippen molar-refractivity contribution in [1.82, 2.24) is 24.6 Å². The standard InChI is InChI=1S/C22H23N5OS2/c1-4-27-21(16-9-7-8-15(2)12-16)24-25-22(27)29-14-20(28)26(3)13-19-23-17-10-5-6-11-18(17)30-19/h5-12H,4,13-14H2,1-3H3. The molecule has 0 aliphatic rings. The molecule has 154 valence electrons. The van der Waals surface area contributed by atoms with Crippen LogP contribution in [0.2, 0.25) is 0 Å². The zero-order valence-electron chi connectivity index (χ0n) is 17.2. The Bertz CT molecular complexity index is 1150. The number of rotatable bonds is 7.